The van der Waals surface area contributed by atoms with E-state index < -0.39 is 0 Å². The smallest absolute Gasteiger partial charge is 0.220 e. The number of carbonyl (C=O) groups excluding carboxylic acids is 1. The van der Waals surface area contributed by atoms with Crippen LogP contribution in [0.1, 0.15) is 38.3 Å². The maximum absolute atomic E-state index is 11.7. The standard InChI is InChI=1S/C14H22N2O2/c1-10(15)8-9-14(17)16-11(2)12-6-4-5-7-13(12)18-3/h4-7,10-11H,8-9,15H2,1-3H3,(H,16,17). The monoisotopic (exact) mass is 250 g/mol. The maximum atomic E-state index is 11.7. The molecule has 0 bridgehead atoms. The van der Waals surface area contributed by atoms with Crippen molar-refractivity contribution in [3.05, 3.63) is 29.8 Å². The van der Waals surface area contributed by atoms with E-state index in [9.17, 15) is 4.79 Å². The molecule has 0 aliphatic heterocycles. The Bertz CT molecular complexity index is 391. The summed E-state index contributed by atoms with van der Waals surface area (Å²) in [4.78, 5) is 11.7. The fourth-order valence-electron chi connectivity index (χ4n) is 1.77. The minimum Gasteiger partial charge on any atom is -0.496 e. The van der Waals surface area contributed by atoms with Gasteiger partial charge in [0, 0.05) is 18.0 Å². The summed E-state index contributed by atoms with van der Waals surface area (Å²) in [7, 11) is 1.63. The number of hydrogen-bond acceptors (Lipinski definition) is 3. The lowest BCUT2D eigenvalue weighted by molar-refractivity contribution is -0.121. The van der Waals surface area contributed by atoms with Crippen molar-refractivity contribution in [2.75, 3.05) is 7.11 Å². The van der Waals surface area contributed by atoms with E-state index in [-0.39, 0.29) is 18.0 Å². The summed E-state index contributed by atoms with van der Waals surface area (Å²) in [5, 5.41) is 2.95. The Morgan fingerprint density at radius 2 is 2.06 bits per heavy atom. The van der Waals surface area contributed by atoms with Gasteiger partial charge in [0.1, 0.15) is 5.75 Å². The van der Waals surface area contributed by atoms with Crippen LogP contribution in [0.4, 0.5) is 0 Å². The molecule has 4 heteroatoms. The Morgan fingerprint density at radius 1 is 1.39 bits per heavy atom. The van der Waals surface area contributed by atoms with Gasteiger partial charge in [0.05, 0.1) is 13.2 Å². The molecule has 2 atom stereocenters. The predicted octanol–water partition coefficient (Wildman–Crippen LogP) is 2.00. The molecule has 0 fully saturated rings. The molecule has 0 heterocycles. The SMILES string of the molecule is COc1ccccc1C(C)NC(=O)CCC(C)N. The van der Waals surface area contributed by atoms with E-state index in [0.29, 0.717) is 12.8 Å². The van der Waals surface area contributed by atoms with Gasteiger partial charge >= 0.3 is 0 Å². The van der Waals surface area contributed by atoms with Crippen LogP contribution in [0.15, 0.2) is 24.3 Å². The fraction of sp³-hybridized carbons (Fsp3) is 0.500. The molecule has 2 unspecified atom stereocenters. The zero-order chi connectivity index (χ0) is 13.5. The summed E-state index contributed by atoms with van der Waals surface area (Å²) in [6.45, 7) is 3.85. The summed E-state index contributed by atoms with van der Waals surface area (Å²) in [6.07, 6.45) is 1.15. The molecular weight excluding hydrogens is 228 g/mol. The van der Waals surface area contributed by atoms with Crippen LogP contribution in [0.25, 0.3) is 0 Å². The predicted molar refractivity (Wildman–Crippen MR) is 72.4 cm³/mol. The molecular formula is C14H22N2O2. The minimum atomic E-state index is -0.0678. The summed E-state index contributed by atoms with van der Waals surface area (Å²) in [5.41, 5.74) is 6.61. The normalized spacial score (nSPS) is 13.8. The van der Waals surface area contributed by atoms with E-state index >= 15 is 0 Å². The Kier molecular flexibility index (Phi) is 5.65. The zero-order valence-electron chi connectivity index (χ0n) is 11.3. The molecule has 1 aromatic rings. The Balaban J connectivity index is 2.59. The minimum absolute atomic E-state index is 0.0192. The van der Waals surface area contributed by atoms with Crippen molar-refractivity contribution in [2.24, 2.45) is 5.73 Å². The zero-order valence-corrected chi connectivity index (χ0v) is 11.3. The van der Waals surface area contributed by atoms with E-state index in [1.807, 2.05) is 38.1 Å². The number of amides is 1. The molecule has 0 radical (unpaired) electrons. The second-order valence-corrected chi connectivity index (χ2v) is 4.55. The van der Waals surface area contributed by atoms with Crippen molar-refractivity contribution in [2.45, 2.75) is 38.8 Å². The molecule has 1 aromatic carbocycles. The second-order valence-electron chi connectivity index (χ2n) is 4.55. The molecule has 0 aromatic heterocycles. The first-order valence-corrected chi connectivity index (χ1v) is 6.22. The van der Waals surface area contributed by atoms with Gasteiger partial charge in [-0.25, -0.2) is 0 Å². The molecule has 0 spiro atoms. The first kappa shape index (κ1) is 14.5. The lowest BCUT2D eigenvalue weighted by Gasteiger charge is -2.17. The van der Waals surface area contributed by atoms with Crippen molar-refractivity contribution in [3.63, 3.8) is 0 Å². The topological polar surface area (TPSA) is 64.3 Å². The van der Waals surface area contributed by atoms with Gasteiger partial charge in [-0.2, -0.15) is 0 Å². The Morgan fingerprint density at radius 3 is 2.67 bits per heavy atom. The molecule has 100 valence electrons. The molecule has 0 saturated carbocycles. The quantitative estimate of drug-likeness (QED) is 0.811. The van der Waals surface area contributed by atoms with Crippen molar-refractivity contribution in [1.82, 2.24) is 5.32 Å². The highest BCUT2D eigenvalue weighted by Gasteiger charge is 2.13. The molecule has 0 saturated heterocycles. The lowest BCUT2D eigenvalue weighted by atomic mass is 10.1. The van der Waals surface area contributed by atoms with E-state index in [2.05, 4.69) is 5.32 Å². The fourth-order valence-corrected chi connectivity index (χ4v) is 1.77. The highest BCUT2D eigenvalue weighted by Crippen LogP contribution is 2.24. The summed E-state index contributed by atoms with van der Waals surface area (Å²) in [6, 6.07) is 7.67. The number of carbonyl (C=O) groups is 1. The first-order chi connectivity index (χ1) is 8.54. The highest BCUT2D eigenvalue weighted by atomic mass is 16.5. The van der Waals surface area contributed by atoms with E-state index in [1.54, 1.807) is 7.11 Å². The third-order valence-corrected chi connectivity index (χ3v) is 2.81. The molecule has 4 nitrogen and oxygen atoms in total. The van der Waals surface area contributed by atoms with Gasteiger partial charge in [-0.15, -0.1) is 0 Å². The van der Waals surface area contributed by atoms with E-state index in [0.717, 1.165) is 11.3 Å². The number of para-hydroxylation sites is 1. The molecule has 0 aliphatic rings. The molecule has 1 amide bonds. The van der Waals surface area contributed by atoms with Gasteiger partial charge in [-0.3, -0.25) is 4.79 Å². The summed E-state index contributed by atoms with van der Waals surface area (Å²) in [5.74, 6) is 0.809. The third-order valence-electron chi connectivity index (χ3n) is 2.81. The van der Waals surface area contributed by atoms with Crippen molar-refractivity contribution >= 4 is 5.91 Å². The molecule has 0 aliphatic carbocycles. The van der Waals surface area contributed by atoms with Crippen molar-refractivity contribution in [3.8, 4) is 5.75 Å². The van der Waals surface area contributed by atoms with Gasteiger partial charge in [-0.1, -0.05) is 18.2 Å². The largest absolute Gasteiger partial charge is 0.496 e. The number of nitrogens with one attached hydrogen (secondary N) is 1. The Hall–Kier alpha value is -1.55. The van der Waals surface area contributed by atoms with Gasteiger partial charge < -0.3 is 15.8 Å². The summed E-state index contributed by atoms with van der Waals surface area (Å²) >= 11 is 0. The van der Waals surface area contributed by atoms with Crippen molar-refractivity contribution < 1.29 is 9.53 Å². The maximum Gasteiger partial charge on any atom is 0.220 e. The van der Waals surface area contributed by atoms with Crippen LogP contribution in [0.5, 0.6) is 5.75 Å². The first-order valence-electron chi connectivity index (χ1n) is 6.22. The number of methoxy groups -OCH3 is 1. The van der Waals surface area contributed by atoms with Gasteiger partial charge in [0.15, 0.2) is 0 Å². The highest BCUT2D eigenvalue weighted by molar-refractivity contribution is 5.76. The number of benzene rings is 1. The number of ether oxygens (including phenoxy) is 1. The van der Waals surface area contributed by atoms with Crippen LogP contribution in [0.2, 0.25) is 0 Å². The van der Waals surface area contributed by atoms with E-state index in [1.165, 1.54) is 0 Å². The third kappa shape index (κ3) is 4.37. The van der Waals surface area contributed by atoms with Crippen LogP contribution in [0, 0.1) is 0 Å². The van der Waals surface area contributed by atoms with Gasteiger partial charge in [0.2, 0.25) is 5.91 Å². The molecule has 3 N–H and O–H groups in total. The number of rotatable bonds is 6. The number of hydrogen-bond donors (Lipinski definition) is 2. The van der Waals surface area contributed by atoms with Crippen LogP contribution >= 0.6 is 0 Å². The van der Waals surface area contributed by atoms with E-state index in [4.69, 9.17) is 10.5 Å². The molecule has 18 heavy (non-hydrogen) atoms. The van der Waals surface area contributed by atoms with Gasteiger partial charge in [-0.05, 0) is 26.3 Å². The average Bonchev–Trinajstić information content (AvgIpc) is 2.36. The second kappa shape index (κ2) is 7.01. The van der Waals surface area contributed by atoms with Crippen LogP contribution < -0.4 is 15.8 Å². The lowest BCUT2D eigenvalue weighted by Crippen LogP contribution is -2.28. The van der Waals surface area contributed by atoms with Crippen molar-refractivity contribution in [1.29, 1.82) is 0 Å². The van der Waals surface area contributed by atoms with Crippen LogP contribution in [0.3, 0.4) is 0 Å². The number of nitrogens with two attached hydrogens (primary N) is 1. The average molecular weight is 250 g/mol. The van der Waals surface area contributed by atoms with Crippen LogP contribution in [-0.4, -0.2) is 19.1 Å². The Labute approximate surface area is 109 Å². The van der Waals surface area contributed by atoms with Gasteiger partial charge in [0.25, 0.3) is 0 Å². The van der Waals surface area contributed by atoms with Crippen LogP contribution in [-0.2, 0) is 4.79 Å². The molecule has 1 rings (SSSR count). The summed E-state index contributed by atoms with van der Waals surface area (Å²) < 4.78 is 5.27.